The molecule has 0 unspecified atom stereocenters. The number of carbonyl (C=O) groups excluding carboxylic acids is 2. The van der Waals surface area contributed by atoms with E-state index in [1.165, 1.54) is 0 Å². The fraction of sp³-hybridized carbons (Fsp3) is 0.250. The summed E-state index contributed by atoms with van der Waals surface area (Å²) < 4.78 is 10.9. The van der Waals surface area contributed by atoms with Crippen LogP contribution in [0.5, 0.6) is 5.75 Å². The van der Waals surface area contributed by atoms with Gasteiger partial charge in [-0.05, 0) is 36.8 Å². The first-order chi connectivity index (χ1) is 10.1. The number of ketones is 1. The zero-order valence-corrected chi connectivity index (χ0v) is 12.0. The molecule has 0 aliphatic rings. The molecule has 0 fully saturated rings. The molecule has 0 saturated heterocycles. The van der Waals surface area contributed by atoms with Gasteiger partial charge >= 0.3 is 0 Å². The number of Topliss-reactive ketones (excluding diaryl/α,β-unsaturated/α-hetero) is 1. The molecule has 1 aromatic heterocycles. The molecular formula is C16H17NO4. The first-order valence-electron chi connectivity index (χ1n) is 6.60. The van der Waals surface area contributed by atoms with Crippen LogP contribution in [0.25, 0.3) is 0 Å². The van der Waals surface area contributed by atoms with Crippen molar-refractivity contribution >= 4 is 11.7 Å². The van der Waals surface area contributed by atoms with Gasteiger partial charge < -0.3 is 14.5 Å². The van der Waals surface area contributed by atoms with Gasteiger partial charge in [-0.15, -0.1) is 0 Å². The minimum atomic E-state index is -0.269. The topological polar surface area (TPSA) is 68.5 Å². The third-order valence-electron chi connectivity index (χ3n) is 2.87. The highest BCUT2D eigenvalue weighted by atomic mass is 16.5. The Morgan fingerprint density at radius 2 is 1.86 bits per heavy atom. The predicted octanol–water partition coefficient (Wildman–Crippen LogP) is 2.35. The number of benzene rings is 1. The molecule has 2 rings (SSSR count). The largest absolute Gasteiger partial charge is 0.486 e. The van der Waals surface area contributed by atoms with Crippen molar-refractivity contribution < 1.29 is 18.7 Å². The second-order valence-corrected chi connectivity index (χ2v) is 4.66. The summed E-state index contributed by atoms with van der Waals surface area (Å²) in [6.07, 6.45) is 0.425. The summed E-state index contributed by atoms with van der Waals surface area (Å²) in [4.78, 5) is 22.4. The minimum absolute atomic E-state index is 0.126. The average Bonchev–Trinajstić information content (AvgIpc) is 2.94. The zero-order valence-electron chi connectivity index (χ0n) is 12.0. The van der Waals surface area contributed by atoms with Gasteiger partial charge in [0.1, 0.15) is 23.9 Å². The fourth-order valence-corrected chi connectivity index (χ4v) is 1.85. The molecule has 0 bridgehead atoms. The Kier molecular flexibility index (Phi) is 4.77. The number of ether oxygens (including phenoxy) is 1. The van der Waals surface area contributed by atoms with Gasteiger partial charge in [0.15, 0.2) is 5.76 Å². The van der Waals surface area contributed by atoms with Crippen LogP contribution in [0, 0.1) is 0 Å². The van der Waals surface area contributed by atoms with Gasteiger partial charge in [0.05, 0.1) is 0 Å². The van der Waals surface area contributed by atoms with Crippen molar-refractivity contribution in [1.82, 2.24) is 5.32 Å². The minimum Gasteiger partial charge on any atom is -0.486 e. The molecule has 5 nitrogen and oxygen atoms in total. The lowest BCUT2D eigenvalue weighted by Crippen LogP contribution is -2.16. The number of rotatable bonds is 6. The monoisotopic (exact) mass is 287 g/mol. The van der Waals surface area contributed by atoms with Crippen molar-refractivity contribution in [2.45, 2.75) is 20.0 Å². The van der Waals surface area contributed by atoms with E-state index in [0.717, 1.165) is 5.56 Å². The van der Waals surface area contributed by atoms with Crippen LogP contribution in [-0.2, 0) is 17.8 Å². The van der Waals surface area contributed by atoms with Gasteiger partial charge in [0.25, 0.3) is 5.91 Å². The van der Waals surface area contributed by atoms with Crippen molar-refractivity contribution in [2.24, 2.45) is 0 Å². The van der Waals surface area contributed by atoms with Crippen LogP contribution in [0.1, 0.15) is 28.8 Å². The summed E-state index contributed by atoms with van der Waals surface area (Å²) in [7, 11) is 1.55. The number of hydrogen-bond acceptors (Lipinski definition) is 4. The summed E-state index contributed by atoms with van der Waals surface area (Å²) in [5.74, 6) is 1.37. The number of amides is 1. The second kappa shape index (κ2) is 6.74. The Morgan fingerprint density at radius 3 is 2.48 bits per heavy atom. The van der Waals surface area contributed by atoms with E-state index in [2.05, 4.69) is 5.32 Å². The SMILES string of the molecule is CNC(=O)c1ccc(COc2ccc(CC(C)=O)cc2)o1. The van der Waals surface area contributed by atoms with Crippen LogP contribution in [0.15, 0.2) is 40.8 Å². The predicted molar refractivity (Wildman–Crippen MR) is 77.3 cm³/mol. The van der Waals surface area contributed by atoms with Gasteiger partial charge in [-0.2, -0.15) is 0 Å². The number of nitrogens with one attached hydrogen (secondary N) is 1. The Labute approximate surface area is 122 Å². The van der Waals surface area contributed by atoms with Crippen molar-refractivity contribution in [1.29, 1.82) is 0 Å². The van der Waals surface area contributed by atoms with Crippen LogP contribution >= 0.6 is 0 Å². The van der Waals surface area contributed by atoms with E-state index in [-0.39, 0.29) is 24.1 Å². The van der Waals surface area contributed by atoms with E-state index >= 15 is 0 Å². The Morgan fingerprint density at radius 1 is 1.14 bits per heavy atom. The quantitative estimate of drug-likeness (QED) is 0.885. The number of carbonyl (C=O) groups is 2. The molecular weight excluding hydrogens is 270 g/mol. The van der Waals surface area contributed by atoms with E-state index in [0.29, 0.717) is 17.9 Å². The Balaban J connectivity index is 1.92. The molecule has 1 amide bonds. The molecule has 0 aliphatic carbocycles. The zero-order chi connectivity index (χ0) is 15.2. The molecule has 1 heterocycles. The van der Waals surface area contributed by atoms with Crippen molar-refractivity contribution in [2.75, 3.05) is 7.05 Å². The standard InChI is InChI=1S/C16H17NO4/c1-11(18)9-12-3-5-13(6-4-12)20-10-14-7-8-15(21-14)16(19)17-2/h3-8H,9-10H2,1-2H3,(H,17,19). The van der Waals surface area contributed by atoms with E-state index in [1.807, 2.05) is 12.1 Å². The maximum absolute atomic E-state index is 11.4. The first kappa shape index (κ1) is 14.8. The second-order valence-electron chi connectivity index (χ2n) is 4.66. The molecule has 21 heavy (non-hydrogen) atoms. The third-order valence-corrected chi connectivity index (χ3v) is 2.87. The number of furan rings is 1. The summed E-state index contributed by atoms with van der Waals surface area (Å²) in [6, 6.07) is 10.6. The van der Waals surface area contributed by atoms with Gasteiger partial charge in [-0.1, -0.05) is 12.1 Å². The van der Waals surface area contributed by atoms with E-state index in [4.69, 9.17) is 9.15 Å². The highest BCUT2D eigenvalue weighted by Gasteiger charge is 2.09. The molecule has 1 aromatic carbocycles. The molecule has 0 saturated carbocycles. The molecule has 0 spiro atoms. The van der Waals surface area contributed by atoms with Crippen LogP contribution in [0.2, 0.25) is 0 Å². The maximum Gasteiger partial charge on any atom is 0.286 e. The van der Waals surface area contributed by atoms with Gasteiger partial charge in [-0.25, -0.2) is 0 Å². The smallest absolute Gasteiger partial charge is 0.286 e. The van der Waals surface area contributed by atoms with E-state index in [1.54, 1.807) is 38.2 Å². The summed E-state index contributed by atoms with van der Waals surface area (Å²) in [5, 5.41) is 2.49. The van der Waals surface area contributed by atoms with Crippen LogP contribution in [0.4, 0.5) is 0 Å². The maximum atomic E-state index is 11.4. The molecule has 0 aliphatic heterocycles. The molecule has 1 N–H and O–H groups in total. The molecule has 2 aromatic rings. The molecule has 0 atom stereocenters. The van der Waals surface area contributed by atoms with Crippen LogP contribution in [0.3, 0.4) is 0 Å². The normalized spacial score (nSPS) is 10.2. The average molecular weight is 287 g/mol. The summed E-state index contributed by atoms with van der Waals surface area (Å²) in [5.41, 5.74) is 0.953. The van der Waals surface area contributed by atoms with Gasteiger partial charge in [0.2, 0.25) is 0 Å². The lowest BCUT2D eigenvalue weighted by molar-refractivity contribution is -0.116. The summed E-state index contributed by atoms with van der Waals surface area (Å²) >= 11 is 0. The van der Waals surface area contributed by atoms with Crippen LogP contribution < -0.4 is 10.1 Å². The van der Waals surface area contributed by atoms with Crippen LogP contribution in [-0.4, -0.2) is 18.7 Å². The Hall–Kier alpha value is -2.56. The van der Waals surface area contributed by atoms with E-state index < -0.39 is 0 Å². The van der Waals surface area contributed by atoms with Gasteiger partial charge in [-0.3, -0.25) is 9.59 Å². The highest BCUT2D eigenvalue weighted by molar-refractivity contribution is 5.91. The molecule has 5 heteroatoms. The highest BCUT2D eigenvalue weighted by Crippen LogP contribution is 2.16. The number of hydrogen-bond donors (Lipinski definition) is 1. The lowest BCUT2D eigenvalue weighted by Gasteiger charge is -2.05. The van der Waals surface area contributed by atoms with Crippen molar-refractivity contribution in [3.05, 3.63) is 53.5 Å². The first-order valence-corrected chi connectivity index (χ1v) is 6.60. The Bertz CT molecular complexity index is 628. The molecule has 110 valence electrons. The molecule has 0 radical (unpaired) electrons. The van der Waals surface area contributed by atoms with Gasteiger partial charge in [0, 0.05) is 13.5 Å². The lowest BCUT2D eigenvalue weighted by atomic mass is 10.1. The van der Waals surface area contributed by atoms with Crippen molar-refractivity contribution in [3.63, 3.8) is 0 Å². The fourth-order valence-electron chi connectivity index (χ4n) is 1.85. The van der Waals surface area contributed by atoms with E-state index in [9.17, 15) is 9.59 Å². The summed E-state index contributed by atoms with van der Waals surface area (Å²) in [6.45, 7) is 1.80. The van der Waals surface area contributed by atoms with Crippen molar-refractivity contribution in [3.8, 4) is 5.75 Å². The third kappa shape index (κ3) is 4.21.